The summed E-state index contributed by atoms with van der Waals surface area (Å²) in [5, 5.41) is 8.29. The molecule has 0 heterocycles. The standard InChI is InChI=1S/C18H29ClN2/c1-17(2,3)13-21-16-11-7-8-12-18(16,20-4)14-9-5-6-10-15(14)19/h5-6,9-10,16,20-21H,7-8,11-13H2,1-4H3/t16-,18+/m0/s1. The fourth-order valence-corrected chi connectivity index (χ4v) is 3.76. The van der Waals surface area contributed by atoms with Crippen molar-refractivity contribution in [3.63, 3.8) is 0 Å². The Balaban J connectivity index is 2.31. The molecule has 0 aliphatic heterocycles. The van der Waals surface area contributed by atoms with Gasteiger partial charge in [-0.05, 0) is 36.9 Å². The highest BCUT2D eigenvalue weighted by Crippen LogP contribution is 2.40. The molecule has 1 saturated carbocycles. The fourth-order valence-electron chi connectivity index (χ4n) is 3.46. The molecule has 2 N–H and O–H groups in total. The summed E-state index contributed by atoms with van der Waals surface area (Å²) < 4.78 is 0. The molecule has 1 aliphatic rings. The van der Waals surface area contributed by atoms with Crippen molar-refractivity contribution in [2.24, 2.45) is 5.41 Å². The lowest BCUT2D eigenvalue weighted by Gasteiger charge is -2.46. The van der Waals surface area contributed by atoms with Crippen LogP contribution in [0.4, 0.5) is 0 Å². The summed E-state index contributed by atoms with van der Waals surface area (Å²) >= 11 is 6.51. The lowest BCUT2D eigenvalue weighted by atomic mass is 9.72. The number of rotatable bonds is 4. The van der Waals surface area contributed by atoms with Gasteiger partial charge in [-0.2, -0.15) is 0 Å². The number of likely N-dealkylation sites (N-methyl/N-ethyl adjacent to an activating group) is 1. The number of benzene rings is 1. The summed E-state index contributed by atoms with van der Waals surface area (Å²) in [6, 6.07) is 8.71. The van der Waals surface area contributed by atoms with E-state index in [2.05, 4.69) is 50.6 Å². The van der Waals surface area contributed by atoms with Crippen LogP contribution in [0.25, 0.3) is 0 Å². The monoisotopic (exact) mass is 308 g/mol. The van der Waals surface area contributed by atoms with E-state index in [0.717, 1.165) is 18.0 Å². The van der Waals surface area contributed by atoms with E-state index >= 15 is 0 Å². The van der Waals surface area contributed by atoms with Crippen molar-refractivity contribution >= 4 is 11.6 Å². The molecule has 0 bridgehead atoms. The van der Waals surface area contributed by atoms with Gasteiger partial charge in [-0.15, -0.1) is 0 Å². The van der Waals surface area contributed by atoms with E-state index in [0.29, 0.717) is 6.04 Å². The highest BCUT2D eigenvalue weighted by atomic mass is 35.5. The molecule has 3 heteroatoms. The molecule has 0 radical (unpaired) electrons. The Hall–Kier alpha value is -0.570. The van der Waals surface area contributed by atoms with Crippen molar-refractivity contribution in [1.29, 1.82) is 0 Å². The van der Waals surface area contributed by atoms with Gasteiger partial charge < -0.3 is 10.6 Å². The third-order valence-electron chi connectivity index (χ3n) is 4.59. The second kappa shape index (κ2) is 6.68. The van der Waals surface area contributed by atoms with E-state index in [-0.39, 0.29) is 11.0 Å². The van der Waals surface area contributed by atoms with Crippen LogP contribution in [-0.4, -0.2) is 19.6 Å². The van der Waals surface area contributed by atoms with Gasteiger partial charge in [0.1, 0.15) is 0 Å². The smallest absolute Gasteiger partial charge is 0.0602 e. The highest BCUT2D eigenvalue weighted by molar-refractivity contribution is 6.31. The van der Waals surface area contributed by atoms with Crippen LogP contribution in [0.3, 0.4) is 0 Å². The minimum absolute atomic E-state index is 0.0537. The average molecular weight is 309 g/mol. The number of hydrogen-bond donors (Lipinski definition) is 2. The Bertz CT molecular complexity index is 467. The van der Waals surface area contributed by atoms with Gasteiger partial charge in [-0.25, -0.2) is 0 Å². The van der Waals surface area contributed by atoms with Crippen LogP contribution >= 0.6 is 11.6 Å². The molecule has 1 aromatic rings. The maximum absolute atomic E-state index is 6.51. The molecule has 1 aromatic carbocycles. The van der Waals surface area contributed by atoms with E-state index < -0.39 is 0 Å². The van der Waals surface area contributed by atoms with Gasteiger partial charge in [0.25, 0.3) is 0 Å². The van der Waals surface area contributed by atoms with Gasteiger partial charge >= 0.3 is 0 Å². The van der Waals surface area contributed by atoms with Gasteiger partial charge in [-0.3, -0.25) is 0 Å². The Labute approximate surface area is 134 Å². The molecule has 118 valence electrons. The van der Waals surface area contributed by atoms with Gasteiger partial charge in [0.05, 0.1) is 5.54 Å². The van der Waals surface area contributed by atoms with Crippen LogP contribution in [-0.2, 0) is 5.54 Å². The zero-order chi connectivity index (χ0) is 15.5. The van der Waals surface area contributed by atoms with Gasteiger partial charge in [-0.1, -0.05) is 63.4 Å². The summed E-state index contributed by atoms with van der Waals surface area (Å²) in [7, 11) is 2.07. The summed E-state index contributed by atoms with van der Waals surface area (Å²) in [4.78, 5) is 0. The normalized spacial score (nSPS) is 26.8. The molecule has 0 amide bonds. The van der Waals surface area contributed by atoms with Crippen molar-refractivity contribution in [1.82, 2.24) is 10.6 Å². The van der Waals surface area contributed by atoms with E-state index in [1.54, 1.807) is 0 Å². The maximum Gasteiger partial charge on any atom is 0.0602 e. The van der Waals surface area contributed by atoms with Crippen molar-refractivity contribution in [3.8, 4) is 0 Å². The van der Waals surface area contributed by atoms with Crippen molar-refractivity contribution < 1.29 is 0 Å². The SMILES string of the molecule is CN[C@@]1(c2ccccc2Cl)CCCC[C@@H]1NCC(C)(C)C. The number of hydrogen-bond acceptors (Lipinski definition) is 2. The molecule has 2 nitrogen and oxygen atoms in total. The highest BCUT2D eigenvalue weighted by Gasteiger charge is 2.42. The fraction of sp³-hybridized carbons (Fsp3) is 0.667. The zero-order valence-electron chi connectivity index (χ0n) is 13.8. The second-order valence-corrected chi connectivity index (χ2v) is 7.85. The summed E-state index contributed by atoms with van der Waals surface area (Å²) in [5.74, 6) is 0. The molecule has 0 spiro atoms. The Morgan fingerprint density at radius 3 is 2.57 bits per heavy atom. The lowest BCUT2D eigenvalue weighted by Crippen LogP contribution is -2.59. The van der Waals surface area contributed by atoms with E-state index in [9.17, 15) is 0 Å². The molecule has 21 heavy (non-hydrogen) atoms. The first-order valence-corrected chi connectivity index (χ1v) is 8.44. The van der Waals surface area contributed by atoms with Crippen LogP contribution in [0.15, 0.2) is 24.3 Å². The first-order chi connectivity index (χ1) is 9.89. The number of halogens is 1. The Morgan fingerprint density at radius 2 is 1.95 bits per heavy atom. The minimum atomic E-state index is -0.0537. The third kappa shape index (κ3) is 3.80. The van der Waals surface area contributed by atoms with Crippen LogP contribution in [0.1, 0.15) is 52.0 Å². The molecule has 1 fully saturated rings. The quantitative estimate of drug-likeness (QED) is 0.865. The predicted octanol–water partition coefficient (Wildman–Crippen LogP) is 4.33. The van der Waals surface area contributed by atoms with Crippen LogP contribution < -0.4 is 10.6 Å². The van der Waals surface area contributed by atoms with Gasteiger partial charge in [0.15, 0.2) is 0 Å². The Morgan fingerprint density at radius 1 is 1.24 bits per heavy atom. The van der Waals surface area contributed by atoms with E-state index in [1.165, 1.54) is 24.8 Å². The van der Waals surface area contributed by atoms with Crippen molar-refractivity contribution in [2.45, 2.75) is 58.0 Å². The van der Waals surface area contributed by atoms with Crippen LogP contribution in [0, 0.1) is 5.41 Å². The molecular weight excluding hydrogens is 280 g/mol. The molecule has 2 rings (SSSR count). The molecule has 0 saturated heterocycles. The van der Waals surface area contributed by atoms with Crippen molar-refractivity contribution in [3.05, 3.63) is 34.9 Å². The van der Waals surface area contributed by atoms with E-state index in [4.69, 9.17) is 11.6 Å². The largest absolute Gasteiger partial charge is 0.311 e. The maximum atomic E-state index is 6.51. The van der Waals surface area contributed by atoms with Crippen LogP contribution in [0.5, 0.6) is 0 Å². The van der Waals surface area contributed by atoms with Gasteiger partial charge in [0.2, 0.25) is 0 Å². The average Bonchev–Trinajstić information content (AvgIpc) is 2.45. The first kappa shape index (κ1) is 16.8. The summed E-state index contributed by atoms with van der Waals surface area (Å²) in [6.45, 7) is 7.85. The van der Waals surface area contributed by atoms with Crippen molar-refractivity contribution in [2.75, 3.05) is 13.6 Å². The third-order valence-corrected chi connectivity index (χ3v) is 4.92. The molecule has 0 unspecified atom stereocenters. The molecule has 2 atom stereocenters. The number of nitrogens with one attached hydrogen (secondary N) is 2. The van der Waals surface area contributed by atoms with E-state index in [1.807, 2.05) is 12.1 Å². The topological polar surface area (TPSA) is 24.1 Å². The first-order valence-electron chi connectivity index (χ1n) is 8.06. The summed E-state index contributed by atoms with van der Waals surface area (Å²) in [6.07, 6.45) is 4.87. The van der Waals surface area contributed by atoms with Gasteiger partial charge in [0, 0.05) is 17.6 Å². The second-order valence-electron chi connectivity index (χ2n) is 7.44. The van der Waals surface area contributed by atoms with Crippen LogP contribution in [0.2, 0.25) is 5.02 Å². The lowest BCUT2D eigenvalue weighted by molar-refractivity contribution is 0.165. The minimum Gasteiger partial charge on any atom is -0.311 e. The Kier molecular flexibility index (Phi) is 5.34. The summed E-state index contributed by atoms with van der Waals surface area (Å²) in [5.41, 5.74) is 1.47. The zero-order valence-corrected chi connectivity index (χ0v) is 14.6. The molecular formula is C18H29ClN2. The molecule has 0 aromatic heterocycles. The predicted molar refractivity (Wildman–Crippen MR) is 91.9 cm³/mol. The molecule has 1 aliphatic carbocycles.